The van der Waals surface area contributed by atoms with Gasteiger partial charge in [-0.1, -0.05) is 11.8 Å². The Morgan fingerprint density at radius 2 is 1.49 bits per heavy atom. The molecule has 2 heterocycles. The van der Waals surface area contributed by atoms with Gasteiger partial charge in [0.25, 0.3) is 10.0 Å². The Bertz CT molecular complexity index is 1760. The minimum Gasteiger partial charge on any atom is -0.497 e. The Kier molecular flexibility index (Phi) is 8.93. The summed E-state index contributed by atoms with van der Waals surface area (Å²) < 4.78 is 38.3. The quantitative estimate of drug-likeness (QED) is 0.166. The number of carbonyl (C=O) groups excluding carboxylic acids is 1. The number of hydrogen-bond acceptors (Lipinski definition) is 9. The van der Waals surface area contributed by atoms with Crippen molar-refractivity contribution < 1.29 is 22.7 Å². The van der Waals surface area contributed by atoms with Gasteiger partial charge in [0, 0.05) is 28.7 Å². The van der Waals surface area contributed by atoms with E-state index in [4.69, 9.17) is 14.5 Å². The third-order valence-corrected chi connectivity index (χ3v) is 8.45. The van der Waals surface area contributed by atoms with Crippen LogP contribution in [0.1, 0.15) is 5.69 Å². The molecular formula is C30H28N6O5S2. The maximum absolute atomic E-state index is 12.8. The van der Waals surface area contributed by atoms with Crippen LogP contribution in [0.15, 0.2) is 95.1 Å². The standard InChI is InChI=1S/C30H28N6O5S2/c1-19-16-17-31-29(32-19)36-43(38,39)25-14-8-22(9-15-25)33-26(37)18-42-30-34-27(20-4-10-23(40-2)11-5-20)28(35-30)21-6-12-24(41-3)13-7-21/h4-17H,18H2,1-3H3,(H,33,37)(H,34,35)(H,31,32,36). The van der Waals surface area contributed by atoms with Crippen LogP contribution in [-0.2, 0) is 14.8 Å². The number of hydrogen-bond donors (Lipinski definition) is 3. The first-order chi connectivity index (χ1) is 20.7. The van der Waals surface area contributed by atoms with Crippen LogP contribution < -0.4 is 19.5 Å². The van der Waals surface area contributed by atoms with Crippen LogP contribution >= 0.6 is 11.8 Å². The largest absolute Gasteiger partial charge is 0.497 e. The van der Waals surface area contributed by atoms with Gasteiger partial charge in [-0.15, -0.1) is 0 Å². The summed E-state index contributed by atoms with van der Waals surface area (Å²) in [5.41, 5.74) is 4.42. The molecule has 11 nitrogen and oxygen atoms in total. The molecule has 1 amide bonds. The Hall–Kier alpha value is -4.88. The molecule has 0 fully saturated rings. The zero-order valence-electron chi connectivity index (χ0n) is 23.5. The summed E-state index contributed by atoms with van der Waals surface area (Å²) in [6.45, 7) is 1.74. The molecule has 3 aromatic carbocycles. The van der Waals surface area contributed by atoms with E-state index in [0.717, 1.165) is 34.0 Å². The molecule has 2 aromatic heterocycles. The molecule has 0 atom stereocenters. The summed E-state index contributed by atoms with van der Waals surface area (Å²) in [6.07, 6.45) is 1.47. The minimum absolute atomic E-state index is 0.0117. The average molecular weight is 617 g/mol. The van der Waals surface area contributed by atoms with Crippen LogP contribution in [0.5, 0.6) is 11.5 Å². The fourth-order valence-corrected chi connectivity index (χ4v) is 5.69. The Balaban J connectivity index is 1.27. The van der Waals surface area contributed by atoms with Crippen molar-refractivity contribution in [3.63, 3.8) is 0 Å². The van der Waals surface area contributed by atoms with Crippen LogP contribution in [0.25, 0.3) is 22.5 Å². The molecule has 0 unspecified atom stereocenters. The summed E-state index contributed by atoms with van der Waals surface area (Å²) in [5.74, 6) is 1.25. The van der Waals surface area contributed by atoms with Gasteiger partial charge in [-0.2, -0.15) is 0 Å². The molecule has 0 aliphatic carbocycles. The van der Waals surface area contributed by atoms with Crippen molar-refractivity contribution in [1.82, 2.24) is 19.9 Å². The number of imidazole rings is 1. The Labute approximate surface area is 253 Å². The normalized spacial score (nSPS) is 11.1. The lowest BCUT2D eigenvalue weighted by Gasteiger charge is -2.08. The van der Waals surface area contributed by atoms with Gasteiger partial charge in [-0.3, -0.25) is 4.79 Å². The smallest absolute Gasteiger partial charge is 0.264 e. The summed E-state index contributed by atoms with van der Waals surface area (Å²) >= 11 is 1.25. The van der Waals surface area contributed by atoms with Gasteiger partial charge in [0.15, 0.2) is 5.16 Å². The molecule has 0 spiro atoms. The number of amides is 1. The number of aryl methyl sites for hydroxylation is 1. The van der Waals surface area contributed by atoms with E-state index >= 15 is 0 Å². The highest BCUT2D eigenvalue weighted by Crippen LogP contribution is 2.34. The SMILES string of the molecule is COc1ccc(-c2nc(SCC(=O)Nc3ccc(S(=O)(=O)Nc4nccc(C)n4)cc3)[nH]c2-c2ccc(OC)cc2)cc1. The first kappa shape index (κ1) is 29.6. The Morgan fingerprint density at radius 3 is 2.09 bits per heavy atom. The summed E-state index contributed by atoms with van der Waals surface area (Å²) in [4.78, 5) is 28.9. The van der Waals surface area contributed by atoms with Gasteiger partial charge < -0.3 is 19.8 Å². The maximum Gasteiger partial charge on any atom is 0.264 e. The fourth-order valence-electron chi connectivity index (χ4n) is 4.07. The highest BCUT2D eigenvalue weighted by atomic mass is 32.2. The topological polar surface area (TPSA) is 148 Å². The number of thioether (sulfide) groups is 1. The van der Waals surface area contributed by atoms with Crippen molar-refractivity contribution in [3.8, 4) is 34.0 Å². The molecule has 43 heavy (non-hydrogen) atoms. The monoisotopic (exact) mass is 616 g/mol. The van der Waals surface area contributed by atoms with Gasteiger partial charge in [0.2, 0.25) is 11.9 Å². The second-order valence-electron chi connectivity index (χ2n) is 9.21. The zero-order valence-corrected chi connectivity index (χ0v) is 25.1. The predicted molar refractivity (Wildman–Crippen MR) is 166 cm³/mol. The zero-order chi connectivity index (χ0) is 30.4. The molecule has 13 heteroatoms. The molecule has 5 rings (SSSR count). The van der Waals surface area contributed by atoms with Crippen LogP contribution in [0.3, 0.4) is 0 Å². The third kappa shape index (κ3) is 7.31. The van der Waals surface area contributed by atoms with Crippen molar-refractivity contribution in [2.75, 3.05) is 30.0 Å². The molecule has 5 aromatic rings. The number of nitrogens with one attached hydrogen (secondary N) is 3. The van der Waals surface area contributed by atoms with E-state index in [9.17, 15) is 13.2 Å². The molecule has 0 radical (unpaired) electrons. The number of carbonyl (C=O) groups is 1. The minimum atomic E-state index is -3.90. The van der Waals surface area contributed by atoms with Crippen molar-refractivity contribution in [2.45, 2.75) is 17.0 Å². The highest BCUT2D eigenvalue weighted by molar-refractivity contribution is 7.99. The number of sulfonamides is 1. The highest BCUT2D eigenvalue weighted by Gasteiger charge is 2.18. The second kappa shape index (κ2) is 13.0. The van der Waals surface area contributed by atoms with Crippen LogP contribution in [-0.4, -0.2) is 54.2 Å². The van der Waals surface area contributed by atoms with Gasteiger partial charge in [0.05, 0.1) is 36.3 Å². The first-order valence-electron chi connectivity index (χ1n) is 13.0. The van der Waals surface area contributed by atoms with E-state index in [-0.39, 0.29) is 22.5 Å². The predicted octanol–water partition coefficient (Wildman–Crippen LogP) is 5.39. The van der Waals surface area contributed by atoms with Gasteiger partial charge in [-0.25, -0.2) is 28.1 Å². The number of benzene rings is 3. The molecule has 0 saturated heterocycles. The number of methoxy groups -OCH3 is 2. The van der Waals surface area contributed by atoms with E-state index < -0.39 is 10.0 Å². The molecular weight excluding hydrogens is 589 g/mol. The number of aromatic nitrogens is 4. The molecule has 0 aliphatic rings. The van der Waals surface area contributed by atoms with Crippen molar-refractivity contribution in [1.29, 1.82) is 0 Å². The number of anilines is 2. The van der Waals surface area contributed by atoms with Gasteiger partial charge >= 0.3 is 0 Å². The number of nitrogens with zero attached hydrogens (tertiary/aromatic N) is 3. The number of aromatic amines is 1. The first-order valence-corrected chi connectivity index (χ1v) is 15.4. The van der Waals surface area contributed by atoms with Crippen LogP contribution in [0.4, 0.5) is 11.6 Å². The lowest BCUT2D eigenvalue weighted by molar-refractivity contribution is -0.113. The lowest BCUT2D eigenvalue weighted by atomic mass is 10.0. The summed E-state index contributed by atoms with van der Waals surface area (Å²) in [7, 11) is -0.668. The average Bonchev–Trinajstić information content (AvgIpc) is 3.44. The maximum atomic E-state index is 12.8. The van der Waals surface area contributed by atoms with E-state index in [0.29, 0.717) is 16.5 Å². The second-order valence-corrected chi connectivity index (χ2v) is 11.9. The van der Waals surface area contributed by atoms with Gasteiger partial charge in [-0.05, 0) is 85.8 Å². The summed E-state index contributed by atoms with van der Waals surface area (Å²) in [5, 5.41) is 3.36. The van der Waals surface area contributed by atoms with Crippen molar-refractivity contribution in [2.24, 2.45) is 0 Å². The van der Waals surface area contributed by atoms with E-state index in [1.807, 2.05) is 48.5 Å². The van der Waals surface area contributed by atoms with Crippen molar-refractivity contribution >= 4 is 39.3 Å². The number of ether oxygens (including phenoxy) is 2. The van der Waals surface area contributed by atoms with E-state index in [1.54, 1.807) is 27.2 Å². The lowest BCUT2D eigenvalue weighted by Crippen LogP contribution is -2.16. The van der Waals surface area contributed by atoms with Crippen LogP contribution in [0, 0.1) is 6.92 Å². The molecule has 3 N–H and O–H groups in total. The Morgan fingerprint density at radius 1 is 0.860 bits per heavy atom. The van der Waals surface area contributed by atoms with Crippen molar-refractivity contribution in [3.05, 3.63) is 90.8 Å². The molecule has 0 bridgehead atoms. The number of rotatable bonds is 11. The van der Waals surface area contributed by atoms with E-state index in [2.05, 4.69) is 25.0 Å². The van der Waals surface area contributed by atoms with E-state index in [1.165, 1.54) is 42.2 Å². The number of H-pyrrole nitrogens is 1. The fraction of sp³-hybridized carbons (Fsp3) is 0.133. The molecule has 0 saturated carbocycles. The van der Waals surface area contributed by atoms with Crippen LogP contribution in [0.2, 0.25) is 0 Å². The summed E-state index contributed by atoms with van der Waals surface area (Å²) in [6, 6.07) is 22.7. The third-order valence-electron chi connectivity index (χ3n) is 6.23. The molecule has 0 aliphatic heterocycles. The van der Waals surface area contributed by atoms with Gasteiger partial charge in [0.1, 0.15) is 11.5 Å². The molecule has 220 valence electrons.